The van der Waals surface area contributed by atoms with Gasteiger partial charge < -0.3 is 5.73 Å². The maximum Gasteiger partial charge on any atom is 0.296 e. The van der Waals surface area contributed by atoms with Gasteiger partial charge in [-0.3, -0.25) is 4.55 Å². The second-order valence-electron chi connectivity index (χ2n) is 2.35. The summed E-state index contributed by atoms with van der Waals surface area (Å²) in [7, 11) is -4.16. The average molecular weight is 188 g/mol. The summed E-state index contributed by atoms with van der Waals surface area (Å²) in [5, 5.41) is 0. The number of anilines is 1. The summed E-state index contributed by atoms with van der Waals surface area (Å²) in [6.07, 6.45) is 1.01. The fraction of sp³-hybridized carbons (Fsp3) is 0.167. The van der Waals surface area contributed by atoms with Crippen LogP contribution in [0.15, 0.2) is 17.2 Å². The van der Waals surface area contributed by atoms with E-state index in [4.69, 9.17) is 10.3 Å². The van der Waals surface area contributed by atoms with Crippen molar-refractivity contribution in [1.29, 1.82) is 0 Å². The van der Waals surface area contributed by atoms with Gasteiger partial charge in [-0.15, -0.1) is 0 Å². The van der Waals surface area contributed by atoms with Crippen molar-refractivity contribution in [2.24, 2.45) is 0 Å². The van der Waals surface area contributed by atoms with Crippen molar-refractivity contribution >= 4 is 15.9 Å². The van der Waals surface area contributed by atoms with Gasteiger partial charge >= 0.3 is 0 Å². The Bertz CT molecular complexity index is 399. The van der Waals surface area contributed by atoms with Gasteiger partial charge in [-0.05, 0) is 18.6 Å². The molecule has 3 N–H and O–H groups in total. The zero-order valence-electron chi connectivity index (χ0n) is 6.35. The minimum Gasteiger partial charge on any atom is -0.383 e. The molecule has 0 amide bonds. The zero-order valence-corrected chi connectivity index (χ0v) is 7.17. The molecule has 0 atom stereocenters. The van der Waals surface area contributed by atoms with Gasteiger partial charge in [0.1, 0.15) is 10.7 Å². The van der Waals surface area contributed by atoms with Crippen molar-refractivity contribution in [2.75, 3.05) is 5.73 Å². The Morgan fingerprint density at radius 3 is 2.58 bits per heavy atom. The lowest BCUT2D eigenvalue weighted by Gasteiger charge is -2.00. The number of rotatable bonds is 1. The standard InChI is InChI=1S/C6H8N2O3S/c1-4-2-5(12(9,10)11)3-8-6(4)7/h2-3H,1H3,(H2,7,8)(H,9,10,11). The zero-order chi connectivity index (χ0) is 9.35. The van der Waals surface area contributed by atoms with E-state index in [2.05, 4.69) is 4.98 Å². The molecule has 0 aromatic carbocycles. The maximum atomic E-state index is 10.6. The molecule has 0 aliphatic rings. The van der Waals surface area contributed by atoms with Crippen LogP contribution in [0.25, 0.3) is 0 Å². The predicted octanol–water partition coefficient (Wildman–Crippen LogP) is 0.219. The molecular weight excluding hydrogens is 180 g/mol. The van der Waals surface area contributed by atoms with E-state index in [1.807, 2.05) is 0 Å². The van der Waals surface area contributed by atoms with Gasteiger partial charge in [-0.25, -0.2) is 4.98 Å². The van der Waals surface area contributed by atoms with Crippen LogP contribution in [-0.2, 0) is 10.1 Å². The number of pyridine rings is 1. The smallest absolute Gasteiger partial charge is 0.296 e. The molecule has 0 aliphatic carbocycles. The minimum absolute atomic E-state index is 0.241. The summed E-state index contributed by atoms with van der Waals surface area (Å²) in [6.45, 7) is 1.61. The van der Waals surface area contributed by atoms with Crippen LogP contribution in [0.1, 0.15) is 5.56 Å². The van der Waals surface area contributed by atoms with Gasteiger partial charge in [0, 0.05) is 0 Å². The van der Waals surface area contributed by atoms with Crippen LogP contribution >= 0.6 is 0 Å². The lowest BCUT2D eigenvalue weighted by atomic mass is 10.3. The van der Waals surface area contributed by atoms with Crippen molar-refractivity contribution in [1.82, 2.24) is 4.98 Å². The SMILES string of the molecule is Cc1cc(S(=O)(=O)O)cnc1N. The molecule has 1 aromatic heterocycles. The topological polar surface area (TPSA) is 93.3 Å². The summed E-state index contributed by atoms with van der Waals surface area (Å²) in [5.41, 5.74) is 5.86. The fourth-order valence-electron chi connectivity index (χ4n) is 0.701. The number of aryl methyl sites for hydroxylation is 1. The van der Waals surface area contributed by atoms with E-state index in [1.165, 1.54) is 6.07 Å². The Labute approximate surface area is 70.0 Å². The van der Waals surface area contributed by atoms with Crippen molar-refractivity contribution in [3.05, 3.63) is 17.8 Å². The molecule has 66 valence electrons. The highest BCUT2D eigenvalue weighted by Crippen LogP contribution is 2.12. The van der Waals surface area contributed by atoms with Crippen LogP contribution in [0, 0.1) is 6.92 Å². The predicted molar refractivity (Wildman–Crippen MR) is 43.2 cm³/mol. The Hall–Kier alpha value is -1.14. The van der Waals surface area contributed by atoms with Crippen molar-refractivity contribution < 1.29 is 13.0 Å². The third kappa shape index (κ3) is 1.72. The van der Waals surface area contributed by atoms with Crippen LogP contribution in [0.2, 0.25) is 0 Å². The minimum atomic E-state index is -4.16. The highest BCUT2D eigenvalue weighted by atomic mass is 32.2. The number of aromatic nitrogens is 1. The second kappa shape index (κ2) is 2.72. The van der Waals surface area contributed by atoms with E-state index in [1.54, 1.807) is 6.92 Å². The molecule has 12 heavy (non-hydrogen) atoms. The largest absolute Gasteiger partial charge is 0.383 e. The lowest BCUT2D eigenvalue weighted by molar-refractivity contribution is 0.482. The van der Waals surface area contributed by atoms with Crippen molar-refractivity contribution in [2.45, 2.75) is 11.8 Å². The molecule has 0 radical (unpaired) electrons. The molecular formula is C6H8N2O3S. The van der Waals surface area contributed by atoms with Gasteiger partial charge in [-0.1, -0.05) is 0 Å². The first-order chi connectivity index (χ1) is 5.41. The molecule has 1 aromatic rings. The van der Waals surface area contributed by atoms with Crippen LogP contribution in [0.4, 0.5) is 5.82 Å². The molecule has 6 heteroatoms. The number of nitrogens with zero attached hydrogens (tertiary/aromatic N) is 1. The van der Waals surface area contributed by atoms with E-state index in [9.17, 15) is 8.42 Å². The Morgan fingerprint density at radius 2 is 2.17 bits per heavy atom. The fourth-order valence-corrected chi connectivity index (χ4v) is 1.21. The number of nitrogen functional groups attached to an aromatic ring is 1. The van der Waals surface area contributed by atoms with E-state index in [0.29, 0.717) is 5.56 Å². The highest BCUT2D eigenvalue weighted by Gasteiger charge is 2.10. The lowest BCUT2D eigenvalue weighted by Crippen LogP contribution is -2.01. The first kappa shape index (κ1) is 8.95. The van der Waals surface area contributed by atoms with Crippen LogP contribution in [0.5, 0.6) is 0 Å². The molecule has 0 aliphatic heterocycles. The molecule has 5 nitrogen and oxygen atoms in total. The number of nitrogens with two attached hydrogens (primary N) is 1. The summed E-state index contributed by atoms with van der Waals surface area (Å²) in [5.74, 6) is 0.252. The van der Waals surface area contributed by atoms with Gasteiger partial charge in [0.2, 0.25) is 0 Å². The van der Waals surface area contributed by atoms with E-state index < -0.39 is 10.1 Å². The Balaban J connectivity index is 3.33. The van der Waals surface area contributed by atoms with Crippen molar-refractivity contribution in [3.8, 4) is 0 Å². The summed E-state index contributed by atoms with van der Waals surface area (Å²) in [6, 6.07) is 1.26. The van der Waals surface area contributed by atoms with Gasteiger partial charge in [-0.2, -0.15) is 8.42 Å². The average Bonchev–Trinajstić information content (AvgIpc) is 1.92. The number of hydrogen-bond donors (Lipinski definition) is 2. The molecule has 0 fully saturated rings. The molecule has 1 rings (SSSR count). The molecule has 0 saturated heterocycles. The summed E-state index contributed by atoms with van der Waals surface area (Å²) < 4.78 is 29.7. The van der Waals surface area contributed by atoms with E-state index >= 15 is 0 Å². The quantitative estimate of drug-likeness (QED) is 0.615. The molecule has 1 heterocycles. The van der Waals surface area contributed by atoms with E-state index in [-0.39, 0.29) is 10.7 Å². The normalized spacial score (nSPS) is 11.5. The Morgan fingerprint density at radius 1 is 1.58 bits per heavy atom. The third-order valence-electron chi connectivity index (χ3n) is 1.39. The summed E-state index contributed by atoms with van der Waals surface area (Å²) in [4.78, 5) is 3.34. The van der Waals surface area contributed by atoms with Crippen molar-refractivity contribution in [3.63, 3.8) is 0 Å². The third-order valence-corrected chi connectivity index (χ3v) is 2.21. The first-order valence-electron chi connectivity index (χ1n) is 3.11. The maximum absolute atomic E-state index is 10.6. The van der Waals surface area contributed by atoms with Gasteiger partial charge in [0.15, 0.2) is 0 Å². The van der Waals surface area contributed by atoms with Gasteiger partial charge in [0.25, 0.3) is 10.1 Å². The Kier molecular flexibility index (Phi) is 2.03. The van der Waals surface area contributed by atoms with Gasteiger partial charge in [0.05, 0.1) is 6.20 Å². The van der Waals surface area contributed by atoms with E-state index in [0.717, 1.165) is 6.20 Å². The molecule has 0 saturated carbocycles. The molecule has 0 spiro atoms. The summed E-state index contributed by atoms with van der Waals surface area (Å²) >= 11 is 0. The van der Waals surface area contributed by atoms with Crippen LogP contribution in [-0.4, -0.2) is 18.0 Å². The van der Waals surface area contributed by atoms with Crippen LogP contribution in [0.3, 0.4) is 0 Å². The monoisotopic (exact) mass is 188 g/mol. The molecule has 0 unspecified atom stereocenters. The number of hydrogen-bond acceptors (Lipinski definition) is 4. The molecule has 0 bridgehead atoms. The first-order valence-corrected chi connectivity index (χ1v) is 4.55. The second-order valence-corrected chi connectivity index (χ2v) is 3.77. The highest BCUT2D eigenvalue weighted by molar-refractivity contribution is 7.85. The van der Waals surface area contributed by atoms with Crippen LogP contribution < -0.4 is 5.73 Å².